The summed E-state index contributed by atoms with van der Waals surface area (Å²) in [6, 6.07) is 8.70. The quantitative estimate of drug-likeness (QED) is 0.816. The Morgan fingerprint density at radius 2 is 1.85 bits per heavy atom. The Morgan fingerprint density at radius 1 is 1.10 bits per heavy atom. The number of amides is 2. The van der Waals surface area contributed by atoms with Crippen LogP contribution < -0.4 is 10.9 Å². The molecule has 0 fully saturated rings. The molecule has 2 amide bonds. The zero-order valence-electron chi connectivity index (χ0n) is 10.7. The summed E-state index contributed by atoms with van der Waals surface area (Å²) in [5, 5.41) is 0. The van der Waals surface area contributed by atoms with Crippen molar-refractivity contribution in [2.24, 2.45) is 0 Å². The van der Waals surface area contributed by atoms with Crippen LogP contribution in [0.25, 0.3) is 0 Å². The van der Waals surface area contributed by atoms with Crippen LogP contribution in [-0.2, 0) is 0 Å². The van der Waals surface area contributed by atoms with Gasteiger partial charge in [-0.05, 0) is 36.8 Å². The minimum Gasteiger partial charge on any atom is -0.267 e. The summed E-state index contributed by atoms with van der Waals surface area (Å²) in [5.74, 6) is -1.66. The average molecular weight is 273 g/mol. The van der Waals surface area contributed by atoms with Gasteiger partial charge in [0.15, 0.2) is 0 Å². The molecule has 0 saturated heterocycles. The fraction of sp³-hybridized carbons (Fsp3) is 0.0714. The molecule has 1 heterocycles. The maximum Gasteiger partial charge on any atom is 0.288 e. The van der Waals surface area contributed by atoms with Crippen molar-refractivity contribution >= 4 is 11.8 Å². The van der Waals surface area contributed by atoms with Gasteiger partial charge in [-0.15, -0.1) is 0 Å². The summed E-state index contributed by atoms with van der Waals surface area (Å²) >= 11 is 0. The third-order valence-electron chi connectivity index (χ3n) is 2.63. The van der Waals surface area contributed by atoms with Gasteiger partial charge in [0.2, 0.25) is 0 Å². The molecule has 20 heavy (non-hydrogen) atoms. The van der Waals surface area contributed by atoms with Crippen molar-refractivity contribution in [3.05, 3.63) is 65.2 Å². The molecular formula is C14H12FN3O2. The number of carbonyl (C=O) groups is 2. The molecule has 1 aromatic carbocycles. The van der Waals surface area contributed by atoms with E-state index in [-0.39, 0.29) is 11.3 Å². The number of nitrogens with zero attached hydrogens (tertiary/aromatic N) is 1. The number of aromatic nitrogens is 1. The highest BCUT2D eigenvalue weighted by Gasteiger charge is 2.12. The SMILES string of the molecule is Cc1ccc(F)cc1C(=O)NNC(=O)c1ccccn1. The second-order valence-corrected chi connectivity index (χ2v) is 4.08. The highest BCUT2D eigenvalue weighted by Crippen LogP contribution is 2.09. The Balaban J connectivity index is 2.02. The number of benzene rings is 1. The van der Waals surface area contributed by atoms with E-state index >= 15 is 0 Å². The zero-order valence-corrected chi connectivity index (χ0v) is 10.7. The minimum absolute atomic E-state index is 0.159. The van der Waals surface area contributed by atoms with Gasteiger partial charge in [0, 0.05) is 11.8 Å². The van der Waals surface area contributed by atoms with Gasteiger partial charge in [0.1, 0.15) is 11.5 Å². The lowest BCUT2D eigenvalue weighted by atomic mass is 10.1. The van der Waals surface area contributed by atoms with Crippen LogP contribution in [0.15, 0.2) is 42.6 Å². The monoisotopic (exact) mass is 273 g/mol. The summed E-state index contributed by atoms with van der Waals surface area (Å²) in [5.41, 5.74) is 5.38. The first kappa shape index (κ1) is 13.7. The number of halogens is 1. The molecule has 0 unspecified atom stereocenters. The van der Waals surface area contributed by atoms with Gasteiger partial charge >= 0.3 is 0 Å². The first-order valence-corrected chi connectivity index (χ1v) is 5.86. The normalized spacial score (nSPS) is 9.90. The third kappa shape index (κ3) is 3.17. The molecule has 0 aliphatic rings. The molecule has 6 heteroatoms. The van der Waals surface area contributed by atoms with Gasteiger partial charge in [-0.3, -0.25) is 25.4 Å². The van der Waals surface area contributed by atoms with Crippen molar-refractivity contribution in [1.82, 2.24) is 15.8 Å². The molecule has 2 aromatic rings. The molecule has 5 nitrogen and oxygen atoms in total. The molecule has 0 aliphatic carbocycles. The molecule has 0 radical (unpaired) electrons. The molecular weight excluding hydrogens is 261 g/mol. The Hall–Kier alpha value is -2.76. The highest BCUT2D eigenvalue weighted by atomic mass is 19.1. The van der Waals surface area contributed by atoms with Crippen LogP contribution in [0, 0.1) is 12.7 Å². The Kier molecular flexibility index (Phi) is 4.05. The molecule has 0 spiro atoms. The van der Waals surface area contributed by atoms with Gasteiger partial charge in [-0.2, -0.15) is 0 Å². The maximum absolute atomic E-state index is 13.1. The number of hydrogen-bond acceptors (Lipinski definition) is 3. The third-order valence-corrected chi connectivity index (χ3v) is 2.63. The average Bonchev–Trinajstić information content (AvgIpc) is 2.47. The Bertz CT molecular complexity index is 644. The highest BCUT2D eigenvalue weighted by molar-refractivity contribution is 5.99. The van der Waals surface area contributed by atoms with Crippen molar-refractivity contribution in [3.63, 3.8) is 0 Å². The smallest absolute Gasteiger partial charge is 0.267 e. The molecule has 2 N–H and O–H groups in total. The standard InChI is InChI=1S/C14H12FN3O2/c1-9-5-6-10(15)8-11(9)13(19)17-18-14(20)12-4-2-3-7-16-12/h2-8H,1H3,(H,17,19)(H,18,20). The van der Waals surface area contributed by atoms with Gasteiger partial charge in [-0.25, -0.2) is 4.39 Å². The van der Waals surface area contributed by atoms with E-state index in [4.69, 9.17) is 0 Å². The topological polar surface area (TPSA) is 71.1 Å². The molecule has 102 valence electrons. The number of hydrazine groups is 1. The lowest BCUT2D eigenvalue weighted by Gasteiger charge is -2.08. The van der Waals surface area contributed by atoms with E-state index in [1.165, 1.54) is 24.4 Å². The summed E-state index contributed by atoms with van der Waals surface area (Å²) in [6.45, 7) is 1.68. The van der Waals surface area contributed by atoms with E-state index in [0.29, 0.717) is 5.56 Å². The number of pyridine rings is 1. The molecule has 0 saturated carbocycles. The van der Waals surface area contributed by atoms with Crippen molar-refractivity contribution in [2.75, 3.05) is 0 Å². The Labute approximate surface area is 114 Å². The molecule has 0 atom stereocenters. The molecule has 0 aliphatic heterocycles. The van der Waals surface area contributed by atoms with E-state index < -0.39 is 17.6 Å². The predicted octanol–water partition coefficient (Wildman–Crippen LogP) is 1.60. The number of aryl methyl sites for hydroxylation is 1. The largest absolute Gasteiger partial charge is 0.288 e. The van der Waals surface area contributed by atoms with Crippen LogP contribution in [0.3, 0.4) is 0 Å². The van der Waals surface area contributed by atoms with E-state index in [9.17, 15) is 14.0 Å². The van der Waals surface area contributed by atoms with Crippen molar-refractivity contribution < 1.29 is 14.0 Å². The lowest BCUT2D eigenvalue weighted by molar-refractivity contribution is 0.0843. The summed E-state index contributed by atoms with van der Waals surface area (Å²) in [4.78, 5) is 27.3. The second kappa shape index (κ2) is 5.92. The van der Waals surface area contributed by atoms with Gasteiger partial charge < -0.3 is 0 Å². The van der Waals surface area contributed by atoms with Gasteiger partial charge in [-0.1, -0.05) is 12.1 Å². The van der Waals surface area contributed by atoms with E-state index in [0.717, 1.165) is 6.07 Å². The van der Waals surface area contributed by atoms with E-state index in [1.807, 2.05) is 0 Å². The zero-order chi connectivity index (χ0) is 14.5. The molecule has 1 aromatic heterocycles. The molecule has 0 bridgehead atoms. The minimum atomic E-state index is -0.591. The molecule has 2 rings (SSSR count). The van der Waals surface area contributed by atoms with Crippen LogP contribution in [0.2, 0.25) is 0 Å². The number of nitrogens with one attached hydrogen (secondary N) is 2. The summed E-state index contributed by atoms with van der Waals surface area (Å²) < 4.78 is 13.1. The predicted molar refractivity (Wildman–Crippen MR) is 70.3 cm³/mol. The van der Waals surface area contributed by atoms with E-state index in [2.05, 4.69) is 15.8 Å². The van der Waals surface area contributed by atoms with Crippen LogP contribution in [-0.4, -0.2) is 16.8 Å². The summed E-state index contributed by atoms with van der Waals surface area (Å²) in [7, 11) is 0. The van der Waals surface area contributed by atoms with Crippen molar-refractivity contribution in [2.45, 2.75) is 6.92 Å². The van der Waals surface area contributed by atoms with Crippen LogP contribution >= 0.6 is 0 Å². The Morgan fingerprint density at radius 3 is 2.55 bits per heavy atom. The number of rotatable bonds is 2. The van der Waals surface area contributed by atoms with Crippen molar-refractivity contribution in [1.29, 1.82) is 0 Å². The second-order valence-electron chi connectivity index (χ2n) is 4.08. The van der Waals surface area contributed by atoms with Gasteiger partial charge in [0.05, 0.1) is 0 Å². The van der Waals surface area contributed by atoms with Crippen LogP contribution in [0.4, 0.5) is 4.39 Å². The van der Waals surface area contributed by atoms with Gasteiger partial charge in [0.25, 0.3) is 11.8 Å². The summed E-state index contributed by atoms with van der Waals surface area (Å²) in [6.07, 6.45) is 1.47. The van der Waals surface area contributed by atoms with Crippen molar-refractivity contribution in [3.8, 4) is 0 Å². The van der Waals surface area contributed by atoms with E-state index in [1.54, 1.807) is 19.1 Å². The number of carbonyl (C=O) groups excluding carboxylic acids is 2. The first-order valence-electron chi connectivity index (χ1n) is 5.86. The number of hydrogen-bond donors (Lipinski definition) is 2. The van der Waals surface area contributed by atoms with Crippen LogP contribution in [0.1, 0.15) is 26.4 Å². The fourth-order valence-corrected chi connectivity index (χ4v) is 1.58. The lowest BCUT2D eigenvalue weighted by Crippen LogP contribution is -2.42. The first-order chi connectivity index (χ1) is 9.58. The van der Waals surface area contributed by atoms with Crippen LogP contribution in [0.5, 0.6) is 0 Å². The fourth-order valence-electron chi connectivity index (χ4n) is 1.58. The maximum atomic E-state index is 13.1.